The minimum atomic E-state index is -0.797. The second-order valence-corrected chi connectivity index (χ2v) is 6.19. The summed E-state index contributed by atoms with van der Waals surface area (Å²) in [5, 5.41) is 12.2. The highest BCUT2D eigenvalue weighted by Gasteiger charge is 2.33. The Morgan fingerprint density at radius 2 is 1.90 bits per heavy atom. The SMILES string of the molecule is O=C(NC1CCCCC1C(=O)O)c1cccn1C1CCC1. The van der Waals surface area contributed by atoms with E-state index in [0.717, 1.165) is 32.1 Å². The predicted molar refractivity (Wildman–Crippen MR) is 78.2 cm³/mol. The molecule has 1 amide bonds. The molecule has 5 nitrogen and oxygen atoms in total. The number of carboxylic acids is 1. The van der Waals surface area contributed by atoms with Crippen LogP contribution in [0.4, 0.5) is 0 Å². The molecule has 2 N–H and O–H groups in total. The standard InChI is InChI=1S/C16H22N2O3/c19-15(14-9-4-10-18(14)11-5-3-6-11)17-13-8-2-1-7-12(13)16(20)21/h4,9-13H,1-3,5-8H2,(H,17,19)(H,20,21). The summed E-state index contributed by atoms with van der Waals surface area (Å²) in [6, 6.07) is 3.91. The normalized spacial score (nSPS) is 26.1. The molecule has 0 spiro atoms. The Morgan fingerprint density at radius 1 is 1.14 bits per heavy atom. The topological polar surface area (TPSA) is 71.3 Å². The Morgan fingerprint density at radius 3 is 2.57 bits per heavy atom. The molecule has 0 saturated heterocycles. The van der Waals surface area contributed by atoms with Gasteiger partial charge >= 0.3 is 5.97 Å². The number of nitrogens with zero attached hydrogens (tertiary/aromatic N) is 1. The zero-order valence-corrected chi connectivity index (χ0v) is 12.1. The van der Waals surface area contributed by atoms with Crippen LogP contribution < -0.4 is 5.32 Å². The minimum absolute atomic E-state index is 0.134. The summed E-state index contributed by atoms with van der Waals surface area (Å²) in [6.07, 6.45) is 8.74. The molecule has 1 aromatic heterocycles. The molecule has 0 bridgehead atoms. The molecule has 21 heavy (non-hydrogen) atoms. The third-order valence-corrected chi connectivity index (χ3v) is 4.88. The van der Waals surface area contributed by atoms with Crippen molar-refractivity contribution in [3.8, 4) is 0 Å². The summed E-state index contributed by atoms with van der Waals surface area (Å²) in [4.78, 5) is 23.8. The Hall–Kier alpha value is -1.78. The van der Waals surface area contributed by atoms with Crippen LogP contribution in [0.25, 0.3) is 0 Å². The lowest BCUT2D eigenvalue weighted by Gasteiger charge is -2.31. The fraction of sp³-hybridized carbons (Fsp3) is 0.625. The zero-order chi connectivity index (χ0) is 14.8. The molecule has 0 aromatic carbocycles. The van der Waals surface area contributed by atoms with Crippen LogP contribution in [0, 0.1) is 5.92 Å². The fourth-order valence-corrected chi connectivity index (χ4v) is 3.41. The number of carbonyl (C=O) groups excluding carboxylic acids is 1. The first kappa shape index (κ1) is 14.2. The molecule has 114 valence electrons. The lowest BCUT2D eigenvalue weighted by Crippen LogP contribution is -2.45. The number of aromatic nitrogens is 1. The Labute approximate surface area is 124 Å². The van der Waals surface area contributed by atoms with Gasteiger partial charge in [-0.3, -0.25) is 9.59 Å². The first-order valence-corrected chi connectivity index (χ1v) is 7.87. The van der Waals surface area contributed by atoms with Gasteiger partial charge in [-0.15, -0.1) is 0 Å². The molecule has 1 aromatic rings. The summed E-state index contributed by atoms with van der Waals surface area (Å²) in [5.74, 6) is -1.38. The molecular weight excluding hydrogens is 268 g/mol. The second kappa shape index (κ2) is 5.92. The van der Waals surface area contributed by atoms with E-state index in [9.17, 15) is 14.7 Å². The Kier molecular flexibility index (Phi) is 3.99. The van der Waals surface area contributed by atoms with Crippen LogP contribution in [0.2, 0.25) is 0 Å². The molecule has 2 aliphatic carbocycles. The largest absolute Gasteiger partial charge is 0.481 e. The number of nitrogens with one attached hydrogen (secondary N) is 1. The molecule has 2 aliphatic rings. The third-order valence-electron chi connectivity index (χ3n) is 4.88. The second-order valence-electron chi connectivity index (χ2n) is 6.19. The van der Waals surface area contributed by atoms with E-state index >= 15 is 0 Å². The van der Waals surface area contributed by atoms with Crippen LogP contribution in [0.3, 0.4) is 0 Å². The van der Waals surface area contributed by atoms with Crippen molar-refractivity contribution >= 4 is 11.9 Å². The van der Waals surface area contributed by atoms with Crippen LogP contribution in [-0.2, 0) is 4.79 Å². The van der Waals surface area contributed by atoms with Gasteiger partial charge in [0.25, 0.3) is 5.91 Å². The highest BCUT2D eigenvalue weighted by atomic mass is 16.4. The van der Waals surface area contributed by atoms with Crippen molar-refractivity contribution in [3.05, 3.63) is 24.0 Å². The van der Waals surface area contributed by atoms with Crippen LogP contribution in [0.5, 0.6) is 0 Å². The minimum Gasteiger partial charge on any atom is -0.481 e. The van der Waals surface area contributed by atoms with E-state index < -0.39 is 11.9 Å². The average molecular weight is 290 g/mol. The highest BCUT2D eigenvalue weighted by molar-refractivity contribution is 5.93. The van der Waals surface area contributed by atoms with Crippen molar-refractivity contribution in [1.29, 1.82) is 0 Å². The summed E-state index contributed by atoms with van der Waals surface area (Å²) in [6.45, 7) is 0. The maximum Gasteiger partial charge on any atom is 0.308 e. The van der Waals surface area contributed by atoms with Crippen molar-refractivity contribution in [2.75, 3.05) is 0 Å². The number of aliphatic carboxylic acids is 1. The molecule has 1 heterocycles. The van der Waals surface area contributed by atoms with Gasteiger partial charge in [0.15, 0.2) is 0 Å². The van der Waals surface area contributed by atoms with E-state index in [1.54, 1.807) is 0 Å². The quantitative estimate of drug-likeness (QED) is 0.895. The highest BCUT2D eigenvalue weighted by Crippen LogP contribution is 2.33. The molecule has 0 radical (unpaired) electrons. The summed E-state index contributed by atoms with van der Waals surface area (Å²) in [5.41, 5.74) is 0.661. The van der Waals surface area contributed by atoms with Crippen molar-refractivity contribution in [2.24, 2.45) is 5.92 Å². The molecule has 2 atom stereocenters. The van der Waals surface area contributed by atoms with Gasteiger partial charge in [-0.05, 0) is 44.2 Å². The Balaban J connectivity index is 1.70. The van der Waals surface area contributed by atoms with Crippen molar-refractivity contribution in [1.82, 2.24) is 9.88 Å². The van der Waals surface area contributed by atoms with E-state index in [2.05, 4.69) is 5.32 Å². The number of hydrogen-bond donors (Lipinski definition) is 2. The van der Waals surface area contributed by atoms with Crippen LogP contribution in [-0.4, -0.2) is 27.6 Å². The number of amides is 1. The first-order valence-electron chi connectivity index (χ1n) is 7.87. The zero-order valence-electron chi connectivity index (χ0n) is 12.1. The maximum absolute atomic E-state index is 12.5. The smallest absolute Gasteiger partial charge is 0.308 e. The molecule has 3 rings (SSSR count). The van der Waals surface area contributed by atoms with E-state index in [-0.39, 0.29) is 11.9 Å². The van der Waals surface area contributed by atoms with Gasteiger partial charge in [-0.25, -0.2) is 0 Å². The van der Waals surface area contributed by atoms with Gasteiger partial charge in [0, 0.05) is 18.3 Å². The maximum atomic E-state index is 12.5. The fourth-order valence-electron chi connectivity index (χ4n) is 3.41. The Bertz CT molecular complexity index is 533. The van der Waals surface area contributed by atoms with Crippen molar-refractivity contribution in [2.45, 2.75) is 57.0 Å². The van der Waals surface area contributed by atoms with Gasteiger partial charge < -0.3 is 15.0 Å². The van der Waals surface area contributed by atoms with E-state index in [1.165, 1.54) is 6.42 Å². The summed E-state index contributed by atoms with van der Waals surface area (Å²) < 4.78 is 2.04. The van der Waals surface area contributed by atoms with E-state index in [1.807, 2.05) is 22.9 Å². The first-order chi connectivity index (χ1) is 10.2. The lowest BCUT2D eigenvalue weighted by molar-refractivity contribution is -0.143. The van der Waals surface area contributed by atoms with Gasteiger partial charge in [0.1, 0.15) is 5.69 Å². The van der Waals surface area contributed by atoms with Gasteiger partial charge in [0.2, 0.25) is 0 Å². The van der Waals surface area contributed by atoms with Crippen molar-refractivity contribution in [3.63, 3.8) is 0 Å². The molecule has 2 fully saturated rings. The lowest BCUT2D eigenvalue weighted by atomic mass is 9.84. The predicted octanol–water partition coefficient (Wildman–Crippen LogP) is 2.59. The number of carboxylic acid groups (broad SMARTS) is 1. The molecular formula is C16H22N2O3. The summed E-state index contributed by atoms with van der Waals surface area (Å²) >= 11 is 0. The van der Waals surface area contributed by atoms with Crippen LogP contribution in [0.15, 0.2) is 18.3 Å². The molecule has 2 unspecified atom stereocenters. The number of hydrogen-bond acceptors (Lipinski definition) is 2. The van der Waals surface area contributed by atoms with E-state index in [0.29, 0.717) is 18.2 Å². The van der Waals surface area contributed by atoms with Crippen LogP contribution in [0.1, 0.15) is 61.5 Å². The van der Waals surface area contributed by atoms with Gasteiger partial charge in [-0.2, -0.15) is 0 Å². The van der Waals surface area contributed by atoms with E-state index in [4.69, 9.17) is 0 Å². The van der Waals surface area contributed by atoms with Crippen molar-refractivity contribution < 1.29 is 14.7 Å². The van der Waals surface area contributed by atoms with Gasteiger partial charge in [-0.1, -0.05) is 12.8 Å². The number of rotatable bonds is 4. The molecule has 5 heteroatoms. The average Bonchev–Trinajstić information content (AvgIpc) is 2.86. The van der Waals surface area contributed by atoms with Crippen LogP contribution >= 0.6 is 0 Å². The van der Waals surface area contributed by atoms with Gasteiger partial charge in [0.05, 0.1) is 5.92 Å². The summed E-state index contributed by atoms with van der Waals surface area (Å²) in [7, 11) is 0. The third kappa shape index (κ3) is 2.82. The number of carbonyl (C=O) groups is 2. The molecule has 0 aliphatic heterocycles. The molecule has 2 saturated carbocycles. The monoisotopic (exact) mass is 290 g/mol.